The Morgan fingerprint density at radius 2 is 2.21 bits per heavy atom. The molecule has 0 amide bonds. The lowest BCUT2D eigenvalue weighted by atomic mass is 10.00. The number of rotatable bonds is 3. The van der Waals surface area contributed by atoms with Crippen LogP contribution in [0, 0.1) is 0 Å². The molecule has 0 bridgehead atoms. The monoisotopic (exact) mass is 215 g/mol. The van der Waals surface area contributed by atoms with Gasteiger partial charge in [-0.3, -0.25) is 0 Å². The normalized spacial score (nSPS) is 14.1. The predicted molar refractivity (Wildman–Crippen MR) is 60.7 cm³/mol. The first-order valence-electron chi connectivity index (χ1n) is 4.49. The van der Waals surface area contributed by atoms with E-state index in [1.54, 1.807) is 13.8 Å². The molecule has 0 saturated heterocycles. The van der Waals surface area contributed by atoms with Gasteiger partial charge in [-0.1, -0.05) is 0 Å². The highest BCUT2D eigenvalue weighted by molar-refractivity contribution is 7.10. The van der Waals surface area contributed by atoms with Crippen LogP contribution in [0.1, 0.15) is 20.8 Å². The molecule has 0 saturated carbocycles. The molecule has 1 unspecified atom stereocenters. The molecule has 0 aliphatic rings. The van der Waals surface area contributed by atoms with Crippen LogP contribution in [0.15, 0.2) is 6.07 Å². The number of nitrogens with two attached hydrogens (primary N) is 1. The van der Waals surface area contributed by atoms with Crippen molar-refractivity contribution in [1.82, 2.24) is 4.37 Å². The molecule has 0 radical (unpaired) electrons. The summed E-state index contributed by atoms with van der Waals surface area (Å²) in [6, 6.07) is 1.83. The van der Waals surface area contributed by atoms with E-state index in [-0.39, 0.29) is 6.04 Å². The van der Waals surface area contributed by atoms with Crippen molar-refractivity contribution < 1.29 is 5.11 Å². The molecule has 0 aromatic carbocycles. The molecule has 1 heterocycles. The van der Waals surface area contributed by atoms with Gasteiger partial charge < -0.3 is 15.7 Å². The molecule has 0 aliphatic carbocycles. The molecule has 1 rings (SSSR count). The standard InChI is InChI=1S/C9H17N3OS/c1-6(9(2,3)13)12(4)8-5-7(10)11-14-8/h5-6,13H,1-4H3,(H2,10,11). The molecule has 1 aromatic rings. The van der Waals surface area contributed by atoms with Crippen LogP contribution < -0.4 is 10.6 Å². The fourth-order valence-electron chi connectivity index (χ4n) is 1.11. The molecule has 0 spiro atoms. The Kier molecular flexibility index (Phi) is 3.01. The molecule has 1 atom stereocenters. The molecular weight excluding hydrogens is 198 g/mol. The highest BCUT2D eigenvalue weighted by atomic mass is 32.1. The first kappa shape index (κ1) is 11.3. The minimum Gasteiger partial charge on any atom is -0.388 e. The Balaban J connectivity index is 2.80. The van der Waals surface area contributed by atoms with E-state index in [1.165, 1.54) is 11.5 Å². The second-order valence-electron chi connectivity index (χ2n) is 4.03. The second-order valence-corrected chi connectivity index (χ2v) is 4.81. The van der Waals surface area contributed by atoms with Crippen molar-refractivity contribution in [2.75, 3.05) is 17.7 Å². The third-order valence-electron chi connectivity index (χ3n) is 2.47. The molecule has 14 heavy (non-hydrogen) atoms. The maximum atomic E-state index is 9.84. The minimum absolute atomic E-state index is 0.0161. The molecular formula is C9H17N3OS. The zero-order valence-corrected chi connectivity index (χ0v) is 9.80. The second kappa shape index (κ2) is 3.74. The highest BCUT2D eigenvalue weighted by Gasteiger charge is 2.27. The summed E-state index contributed by atoms with van der Waals surface area (Å²) in [5.74, 6) is 0.528. The quantitative estimate of drug-likeness (QED) is 0.798. The number of anilines is 2. The van der Waals surface area contributed by atoms with Gasteiger partial charge in [0.15, 0.2) is 0 Å². The van der Waals surface area contributed by atoms with Gasteiger partial charge in [-0.25, -0.2) is 0 Å². The first-order valence-corrected chi connectivity index (χ1v) is 5.27. The van der Waals surface area contributed by atoms with E-state index in [2.05, 4.69) is 4.37 Å². The van der Waals surface area contributed by atoms with Crippen molar-refractivity contribution >= 4 is 22.4 Å². The molecule has 0 fully saturated rings. The SMILES string of the molecule is CC(N(C)c1cc(N)ns1)C(C)(C)O. The average Bonchev–Trinajstić information content (AvgIpc) is 2.47. The van der Waals surface area contributed by atoms with Gasteiger partial charge in [0.25, 0.3) is 0 Å². The van der Waals surface area contributed by atoms with Gasteiger partial charge in [0.1, 0.15) is 10.8 Å². The van der Waals surface area contributed by atoms with E-state index < -0.39 is 5.60 Å². The van der Waals surface area contributed by atoms with Crippen LogP contribution >= 0.6 is 11.5 Å². The Labute approximate surface area is 88.5 Å². The lowest BCUT2D eigenvalue weighted by Crippen LogP contribution is -2.45. The summed E-state index contributed by atoms with van der Waals surface area (Å²) in [6.07, 6.45) is 0. The topological polar surface area (TPSA) is 62.4 Å². The van der Waals surface area contributed by atoms with Crippen LogP contribution in [-0.4, -0.2) is 28.2 Å². The maximum absolute atomic E-state index is 9.84. The number of hydrogen-bond donors (Lipinski definition) is 2. The fraction of sp³-hybridized carbons (Fsp3) is 0.667. The fourth-order valence-corrected chi connectivity index (χ4v) is 1.82. The average molecular weight is 215 g/mol. The Hall–Kier alpha value is -0.810. The number of hydrogen-bond acceptors (Lipinski definition) is 5. The van der Waals surface area contributed by atoms with Crippen LogP contribution in [0.4, 0.5) is 10.8 Å². The smallest absolute Gasteiger partial charge is 0.139 e. The van der Waals surface area contributed by atoms with Gasteiger partial charge in [0.05, 0.1) is 11.6 Å². The molecule has 1 aromatic heterocycles. The lowest BCUT2D eigenvalue weighted by Gasteiger charge is -2.34. The van der Waals surface area contributed by atoms with Crippen molar-refractivity contribution in [1.29, 1.82) is 0 Å². The van der Waals surface area contributed by atoms with Gasteiger partial charge in [-0.2, -0.15) is 4.37 Å². The summed E-state index contributed by atoms with van der Waals surface area (Å²) in [5, 5.41) is 10.8. The van der Waals surface area contributed by atoms with Gasteiger partial charge in [-0.15, -0.1) is 0 Å². The van der Waals surface area contributed by atoms with Crippen molar-refractivity contribution in [3.8, 4) is 0 Å². The van der Waals surface area contributed by atoms with E-state index in [0.717, 1.165) is 5.00 Å². The third kappa shape index (κ3) is 2.36. The molecule has 5 heteroatoms. The first-order chi connectivity index (χ1) is 6.32. The van der Waals surface area contributed by atoms with Crippen LogP contribution in [0.3, 0.4) is 0 Å². The van der Waals surface area contributed by atoms with Gasteiger partial charge in [-0.05, 0) is 32.3 Å². The van der Waals surface area contributed by atoms with Gasteiger partial charge in [0.2, 0.25) is 0 Å². The summed E-state index contributed by atoms with van der Waals surface area (Å²) in [5.41, 5.74) is 4.79. The van der Waals surface area contributed by atoms with Crippen LogP contribution in [0.5, 0.6) is 0 Å². The minimum atomic E-state index is -0.743. The molecule has 3 N–H and O–H groups in total. The summed E-state index contributed by atoms with van der Waals surface area (Å²) in [7, 11) is 1.93. The highest BCUT2D eigenvalue weighted by Crippen LogP contribution is 2.26. The maximum Gasteiger partial charge on any atom is 0.139 e. The van der Waals surface area contributed by atoms with E-state index in [4.69, 9.17) is 5.73 Å². The number of aliphatic hydroxyl groups is 1. The van der Waals surface area contributed by atoms with Gasteiger partial charge in [0, 0.05) is 13.1 Å². The van der Waals surface area contributed by atoms with Crippen molar-refractivity contribution in [2.24, 2.45) is 0 Å². The van der Waals surface area contributed by atoms with Crippen LogP contribution in [-0.2, 0) is 0 Å². The van der Waals surface area contributed by atoms with Crippen LogP contribution in [0.25, 0.3) is 0 Å². The Morgan fingerprint density at radius 3 is 2.57 bits per heavy atom. The number of nitrogens with zero attached hydrogens (tertiary/aromatic N) is 2. The van der Waals surface area contributed by atoms with Crippen molar-refractivity contribution in [2.45, 2.75) is 32.4 Å². The Bertz CT molecular complexity index is 305. The summed E-state index contributed by atoms with van der Waals surface area (Å²) in [4.78, 5) is 1.98. The van der Waals surface area contributed by atoms with Crippen LogP contribution in [0.2, 0.25) is 0 Å². The summed E-state index contributed by atoms with van der Waals surface area (Å²) < 4.78 is 4.00. The van der Waals surface area contributed by atoms with Crippen molar-refractivity contribution in [3.05, 3.63) is 6.07 Å². The molecule has 0 aliphatic heterocycles. The summed E-state index contributed by atoms with van der Waals surface area (Å²) in [6.45, 7) is 5.55. The zero-order valence-electron chi connectivity index (χ0n) is 8.98. The molecule has 80 valence electrons. The predicted octanol–water partition coefficient (Wildman–Crippen LogP) is 1.32. The number of aromatic nitrogens is 1. The van der Waals surface area contributed by atoms with Gasteiger partial charge >= 0.3 is 0 Å². The van der Waals surface area contributed by atoms with E-state index in [1.807, 2.05) is 24.9 Å². The van der Waals surface area contributed by atoms with E-state index >= 15 is 0 Å². The van der Waals surface area contributed by atoms with Crippen molar-refractivity contribution in [3.63, 3.8) is 0 Å². The Morgan fingerprint density at radius 1 is 1.64 bits per heavy atom. The molecule has 4 nitrogen and oxygen atoms in total. The zero-order chi connectivity index (χ0) is 10.9. The number of likely N-dealkylation sites (N-methyl/N-ethyl adjacent to an activating group) is 1. The number of nitrogen functional groups attached to an aromatic ring is 1. The largest absolute Gasteiger partial charge is 0.388 e. The lowest BCUT2D eigenvalue weighted by molar-refractivity contribution is 0.0567. The summed E-state index contributed by atoms with van der Waals surface area (Å²) >= 11 is 1.34. The van der Waals surface area contributed by atoms with E-state index in [0.29, 0.717) is 5.82 Å². The third-order valence-corrected chi connectivity index (χ3v) is 3.36. The van der Waals surface area contributed by atoms with E-state index in [9.17, 15) is 5.11 Å².